The predicted octanol–water partition coefficient (Wildman–Crippen LogP) is 3.08. The van der Waals surface area contributed by atoms with E-state index in [1.165, 1.54) is 0 Å². The Bertz CT molecular complexity index is 838. The van der Waals surface area contributed by atoms with E-state index in [0.29, 0.717) is 25.5 Å². The monoisotopic (exact) mass is 483 g/mol. The second-order valence-corrected chi connectivity index (χ2v) is 9.50. The fraction of sp³-hybridized carbons (Fsp3) is 0.524. The topological polar surface area (TPSA) is 109 Å². The maximum Gasteiger partial charge on any atom is 0.274 e. The predicted molar refractivity (Wildman–Crippen MR) is 131 cm³/mol. The van der Waals surface area contributed by atoms with Gasteiger partial charge in [0, 0.05) is 24.6 Å². The van der Waals surface area contributed by atoms with Crippen LogP contribution in [0.2, 0.25) is 0 Å². The number of thioether (sulfide) groups is 2. The maximum absolute atomic E-state index is 10.9. The molecular weight excluding hydrogens is 450 g/mol. The van der Waals surface area contributed by atoms with Crippen LogP contribution < -0.4 is 16.0 Å². The minimum absolute atomic E-state index is 0.428. The first-order valence-corrected chi connectivity index (χ1v) is 12.7. The Labute approximate surface area is 197 Å². The molecule has 2 rings (SSSR count). The molecule has 0 aliphatic heterocycles. The lowest BCUT2D eigenvalue weighted by Crippen LogP contribution is -2.30. The summed E-state index contributed by atoms with van der Waals surface area (Å²) in [4.78, 5) is 12.5. The van der Waals surface area contributed by atoms with Gasteiger partial charge in [-0.05, 0) is 45.4 Å². The first kappa shape index (κ1) is 26.2. The van der Waals surface area contributed by atoms with Crippen molar-refractivity contribution in [1.82, 2.24) is 20.9 Å². The summed E-state index contributed by atoms with van der Waals surface area (Å²) >= 11 is 3.44. The Balaban J connectivity index is 1.61. The van der Waals surface area contributed by atoms with E-state index in [9.17, 15) is 10.1 Å². The first-order valence-electron chi connectivity index (χ1n) is 10.4. The van der Waals surface area contributed by atoms with Gasteiger partial charge in [0.2, 0.25) is 0 Å². The van der Waals surface area contributed by atoms with E-state index in [4.69, 9.17) is 8.83 Å². The molecule has 11 heteroatoms. The number of nitrogens with one attached hydrogen (secondary N) is 3. The maximum atomic E-state index is 10.9. The fourth-order valence-electron chi connectivity index (χ4n) is 2.79. The van der Waals surface area contributed by atoms with Crippen LogP contribution in [-0.4, -0.2) is 55.6 Å². The lowest BCUT2D eigenvalue weighted by atomic mass is 10.4. The van der Waals surface area contributed by atoms with E-state index in [1.807, 2.05) is 45.4 Å². The standard InChI is InChI=1S/C21H33N5O4S2/c1-22-12-17-4-6-19(29-17)15-31-10-8-23-21(14-26(27)28)24-9-11-32-16-20-7-5-18(30-20)13-25(2)3/h4-7,14,22-24H,8-13,15-16H2,1-3H3. The molecule has 32 heavy (non-hydrogen) atoms. The van der Waals surface area contributed by atoms with E-state index in [1.54, 1.807) is 23.5 Å². The van der Waals surface area contributed by atoms with E-state index >= 15 is 0 Å². The largest absolute Gasteiger partial charge is 0.464 e. The fourth-order valence-corrected chi connectivity index (χ4v) is 4.28. The zero-order valence-electron chi connectivity index (χ0n) is 18.9. The summed E-state index contributed by atoms with van der Waals surface area (Å²) in [7, 11) is 5.89. The van der Waals surface area contributed by atoms with Gasteiger partial charge in [-0.1, -0.05) is 0 Å². The summed E-state index contributed by atoms with van der Waals surface area (Å²) in [6, 6.07) is 7.96. The third-order valence-electron chi connectivity index (χ3n) is 4.10. The number of hydrogen-bond acceptors (Lipinski definition) is 10. The van der Waals surface area contributed by atoms with Gasteiger partial charge in [0.15, 0.2) is 5.82 Å². The number of rotatable bonds is 17. The molecule has 2 aromatic rings. The average molecular weight is 484 g/mol. The van der Waals surface area contributed by atoms with Crippen LogP contribution in [-0.2, 0) is 24.6 Å². The highest BCUT2D eigenvalue weighted by Crippen LogP contribution is 2.16. The van der Waals surface area contributed by atoms with Gasteiger partial charge in [-0.15, -0.1) is 0 Å². The van der Waals surface area contributed by atoms with Gasteiger partial charge in [-0.2, -0.15) is 23.5 Å². The highest BCUT2D eigenvalue weighted by Gasteiger charge is 2.06. The van der Waals surface area contributed by atoms with E-state index in [2.05, 4.69) is 20.9 Å². The van der Waals surface area contributed by atoms with Crippen LogP contribution in [0.3, 0.4) is 0 Å². The van der Waals surface area contributed by atoms with Crippen molar-refractivity contribution < 1.29 is 13.8 Å². The number of hydrogen-bond donors (Lipinski definition) is 3. The molecule has 0 saturated heterocycles. The van der Waals surface area contributed by atoms with Crippen LogP contribution >= 0.6 is 23.5 Å². The average Bonchev–Trinajstić information content (AvgIpc) is 3.36. The Kier molecular flexibility index (Phi) is 12.2. The van der Waals surface area contributed by atoms with Crippen LogP contribution in [0.25, 0.3) is 0 Å². The minimum Gasteiger partial charge on any atom is -0.464 e. The molecule has 0 bridgehead atoms. The number of nitro groups is 1. The smallest absolute Gasteiger partial charge is 0.274 e. The highest BCUT2D eigenvalue weighted by molar-refractivity contribution is 7.98. The normalized spacial score (nSPS) is 11.8. The summed E-state index contributed by atoms with van der Waals surface area (Å²) in [6.45, 7) is 2.74. The minimum atomic E-state index is -0.448. The Morgan fingerprint density at radius 1 is 1.00 bits per heavy atom. The van der Waals surface area contributed by atoms with E-state index in [-0.39, 0.29) is 0 Å². The van der Waals surface area contributed by atoms with E-state index < -0.39 is 4.92 Å². The molecule has 9 nitrogen and oxygen atoms in total. The van der Waals surface area contributed by atoms with Crippen molar-refractivity contribution >= 4 is 23.5 Å². The van der Waals surface area contributed by atoms with E-state index in [0.717, 1.165) is 58.8 Å². The van der Waals surface area contributed by atoms with Crippen molar-refractivity contribution in [1.29, 1.82) is 0 Å². The van der Waals surface area contributed by atoms with Gasteiger partial charge >= 0.3 is 0 Å². The van der Waals surface area contributed by atoms with Gasteiger partial charge in [0.05, 0.1) is 29.5 Å². The van der Waals surface area contributed by atoms with Crippen molar-refractivity contribution in [3.8, 4) is 0 Å². The molecule has 0 radical (unpaired) electrons. The molecule has 0 aliphatic rings. The van der Waals surface area contributed by atoms with Crippen LogP contribution in [0.1, 0.15) is 23.0 Å². The molecule has 0 spiro atoms. The van der Waals surface area contributed by atoms with Crippen LogP contribution in [0.5, 0.6) is 0 Å². The van der Waals surface area contributed by atoms with Gasteiger partial charge in [-0.25, -0.2) is 0 Å². The van der Waals surface area contributed by atoms with Crippen molar-refractivity contribution in [2.45, 2.75) is 24.6 Å². The summed E-state index contributed by atoms with van der Waals surface area (Å²) in [5.41, 5.74) is 0. The molecule has 0 amide bonds. The van der Waals surface area contributed by atoms with Crippen molar-refractivity contribution in [2.75, 3.05) is 45.7 Å². The third kappa shape index (κ3) is 11.0. The Morgan fingerprint density at radius 2 is 1.53 bits per heavy atom. The molecule has 2 aromatic heterocycles. The molecule has 178 valence electrons. The van der Waals surface area contributed by atoms with Crippen LogP contribution in [0.15, 0.2) is 45.1 Å². The van der Waals surface area contributed by atoms with Gasteiger partial charge in [0.25, 0.3) is 6.20 Å². The number of nitrogens with zero attached hydrogens (tertiary/aromatic N) is 2. The Hall–Kier alpha value is -2.08. The lowest BCUT2D eigenvalue weighted by molar-refractivity contribution is -0.404. The van der Waals surface area contributed by atoms with Crippen molar-refractivity contribution in [3.63, 3.8) is 0 Å². The van der Waals surface area contributed by atoms with Crippen molar-refractivity contribution in [3.05, 3.63) is 69.4 Å². The molecule has 0 unspecified atom stereocenters. The second-order valence-electron chi connectivity index (χ2n) is 7.29. The first-order chi connectivity index (χ1) is 15.5. The molecule has 0 aromatic carbocycles. The Morgan fingerprint density at radius 3 is 2.06 bits per heavy atom. The molecule has 3 N–H and O–H groups in total. The zero-order chi connectivity index (χ0) is 23.2. The quantitative estimate of drug-likeness (QED) is 0.176. The molecule has 0 aliphatic carbocycles. The van der Waals surface area contributed by atoms with Gasteiger partial charge in [-0.3, -0.25) is 10.1 Å². The lowest BCUT2D eigenvalue weighted by Gasteiger charge is -2.11. The molecule has 2 heterocycles. The SMILES string of the molecule is CNCc1ccc(CSCCNC(=C[N+](=O)[O-])NCCSCc2ccc(CN(C)C)o2)o1. The number of furan rings is 2. The second kappa shape index (κ2) is 14.9. The van der Waals surface area contributed by atoms with Gasteiger partial charge < -0.3 is 29.7 Å². The van der Waals surface area contributed by atoms with Crippen LogP contribution in [0, 0.1) is 10.1 Å². The summed E-state index contributed by atoms with van der Waals surface area (Å²) in [5.74, 6) is 7.33. The summed E-state index contributed by atoms with van der Waals surface area (Å²) in [6.07, 6.45) is 0.978. The highest BCUT2D eigenvalue weighted by atomic mass is 32.2. The van der Waals surface area contributed by atoms with Gasteiger partial charge in [0.1, 0.15) is 23.0 Å². The molecular formula is C21H33N5O4S2. The molecule has 0 saturated carbocycles. The zero-order valence-corrected chi connectivity index (χ0v) is 20.5. The summed E-state index contributed by atoms with van der Waals surface area (Å²) < 4.78 is 11.5. The molecule has 0 atom stereocenters. The van der Waals surface area contributed by atoms with Crippen molar-refractivity contribution in [2.24, 2.45) is 0 Å². The molecule has 0 fully saturated rings. The van der Waals surface area contributed by atoms with Crippen LogP contribution in [0.4, 0.5) is 0 Å². The summed E-state index contributed by atoms with van der Waals surface area (Å²) in [5, 5.41) is 20.2. The third-order valence-corrected chi connectivity index (χ3v) is 6.07.